The maximum atomic E-state index is 11.9. The van der Waals surface area contributed by atoms with Crippen LogP contribution >= 0.6 is 0 Å². The van der Waals surface area contributed by atoms with E-state index in [1.165, 1.54) is 23.5 Å². The molecular formula is C16H27N2O7+. The van der Waals surface area contributed by atoms with Crippen LogP contribution in [-0.2, 0) is 9.47 Å². The van der Waals surface area contributed by atoms with Crippen LogP contribution in [0, 0.1) is 0 Å². The number of aliphatic hydroxyl groups is 3. The second kappa shape index (κ2) is 9.54. The van der Waals surface area contributed by atoms with Gasteiger partial charge in [-0.05, 0) is 18.2 Å². The van der Waals surface area contributed by atoms with E-state index < -0.39 is 43.2 Å². The summed E-state index contributed by atoms with van der Waals surface area (Å²) >= 11 is 0. The lowest BCUT2D eigenvalue weighted by Crippen LogP contribution is -2.94. The van der Waals surface area contributed by atoms with Crippen LogP contribution in [0.3, 0.4) is 0 Å². The summed E-state index contributed by atoms with van der Waals surface area (Å²) in [6, 6.07) is 3.19. The molecule has 25 heavy (non-hydrogen) atoms. The number of benzene rings is 1. The lowest BCUT2D eigenvalue weighted by Gasteiger charge is -2.38. The van der Waals surface area contributed by atoms with E-state index in [0.29, 0.717) is 0 Å². The number of carbonyl (C=O) groups excluding carboxylic acids is 1. The number of phenols is 1. The second-order valence-electron chi connectivity index (χ2n) is 5.33. The van der Waals surface area contributed by atoms with Crippen molar-refractivity contribution in [1.29, 1.82) is 0 Å². The number of phenolic OH excluding ortho intramolecular Hbond substituents is 1. The maximum Gasteiger partial charge on any atom is 0.342 e. The van der Waals surface area contributed by atoms with Crippen LogP contribution in [-0.4, -0.2) is 70.7 Å². The molecule has 9 heteroatoms. The Kier molecular flexibility index (Phi) is 8.07. The van der Waals surface area contributed by atoms with Crippen molar-refractivity contribution in [2.45, 2.75) is 44.5 Å². The number of quaternary nitrogens is 1. The smallest absolute Gasteiger partial charge is 0.342 e. The summed E-state index contributed by atoms with van der Waals surface area (Å²) < 4.78 is 10.1. The van der Waals surface area contributed by atoms with E-state index in [-0.39, 0.29) is 17.0 Å². The molecule has 1 saturated heterocycles. The van der Waals surface area contributed by atoms with E-state index in [4.69, 9.17) is 15.2 Å². The molecule has 1 aromatic carbocycles. The van der Waals surface area contributed by atoms with E-state index in [9.17, 15) is 25.2 Å². The summed E-state index contributed by atoms with van der Waals surface area (Å²) in [5, 5.41) is 40.8. The van der Waals surface area contributed by atoms with Crippen molar-refractivity contribution in [3.8, 4) is 5.75 Å². The first-order valence-electron chi connectivity index (χ1n) is 8.10. The molecule has 0 aliphatic carbocycles. The van der Waals surface area contributed by atoms with E-state index in [1.807, 2.05) is 13.8 Å². The van der Waals surface area contributed by atoms with Crippen molar-refractivity contribution >= 4 is 11.7 Å². The molecule has 0 spiro atoms. The van der Waals surface area contributed by atoms with Crippen molar-refractivity contribution < 1.29 is 40.0 Å². The SMILES string of the molecule is CC.C[NH2+]C1[C@H](O)OC(COC(=O)c2cc(N)ccc2O)[C@@H](O)[C@H]1O. The Hall–Kier alpha value is -1.91. The summed E-state index contributed by atoms with van der Waals surface area (Å²) in [4.78, 5) is 11.9. The first-order chi connectivity index (χ1) is 11.8. The zero-order chi connectivity index (χ0) is 19.1. The van der Waals surface area contributed by atoms with Crippen molar-refractivity contribution in [3.63, 3.8) is 0 Å². The quantitative estimate of drug-likeness (QED) is 0.208. The Bertz CT molecular complexity index is 569. The Labute approximate surface area is 146 Å². The minimum Gasteiger partial charge on any atom is -0.507 e. The van der Waals surface area contributed by atoms with Gasteiger partial charge in [0.1, 0.15) is 36.2 Å². The number of nitrogen functional groups attached to an aromatic ring is 1. The highest BCUT2D eigenvalue weighted by atomic mass is 16.6. The molecule has 0 radical (unpaired) electrons. The third-order valence-corrected chi connectivity index (χ3v) is 3.77. The van der Waals surface area contributed by atoms with Crippen molar-refractivity contribution in [1.82, 2.24) is 0 Å². The molecule has 1 fully saturated rings. The van der Waals surface area contributed by atoms with Crippen molar-refractivity contribution in [3.05, 3.63) is 23.8 Å². The molecule has 1 heterocycles. The van der Waals surface area contributed by atoms with Gasteiger partial charge in [0.05, 0.1) is 7.05 Å². The normalized spacial score (nSPS) is 28.6. The number of aromatic hydroxyl groups is 1. The number of esters is 1. The monoisotopic (exact) mass is 359 g/mol. The molecule has 1 aliphatic rings. The van der Waals surface area contributed by atoms with Gasteiger partial charge in [-0.15, -0.1) is 0 Å². The summed E-state index contributed by atoms with van der Waals surface area (Å²) in [7, 11) is 1.62. The van der Waals surface area contributed by atoms with Crippen LogP contribution in [0.25, 0.3) is 0 Å². The van der Waals surface area contributed by atoms with Gasteiger partial charge < -0.3 is 41.0 Å². The molecule has 0 bridgehead atoms. The highest BCUT2D eigenvalue weighted by Gasteiger charge is 2.46. The van der Waals surface area contributed by atoms with E-state index in [2.05, 4.69) is 0 Å². The first-order valence-corrected chi connectivity index (χ1v) is 8.10. The molecule has 0 amide bonds. The number of rotatable bonds is 4. The fourth-order valence-corrected chi connectivity index (χ4v) is 2.42. The highest BCUT2D eigenvalue weighted by Crippen LogP contribution is 2.22. The molecule has 1 aliphatic heterocycles. The second-order valence-corrected chi connectivity index (χ2v) is 5.33. The third kappa shape index (κ3) is 5.03. The van der Waals surface area contributed by atoms with Crippen LogP contribution in [0.15, 0.2) is 18.2 Å². The van der Waals surface area contributed by atoms with Crippen LogP contribution < -0.4 is 11.1 Å². The Morgan fingerprint density at radius 3 is 2.52 bits per heavy atom. The minimum absolute atomic E-state index is 0.129. The summed E-state index contributed by atoms with van der Waals surface area (Å²) in [6.45, 7) is 3.60. The average Bonchev–Trinajstić information content (AvgIpc) is 2.61. The zero-order valence-corrected chi connectivity index (χ0v) is 14.5. The van der Waals surface area contributed by atoms with Crippen LogP contribution in [0.1, 0.15) is 24.2 Å². The summed E-state index contributed by atoms with van der Waals surface area (Å²) in [5.74, 6) is -1.16. The number of likely N-dealkylation sites (N-methyl/N-ethyl adjacent to an activating group) is 1. The lowest BCUT2D eigenvalue weighted by atomic mass is 9.97. The van der Waals surface area contributed by atoms with Crippen LogP contribution in [0.4, 0.5) is 5.69 Å². The van der Waals surface area contributed by atoms with Crippen molar-refractivity contribution in [2.75, 3.05) is 19.4 Å². The van der Waals surface area contributed by atoms with E-state index >= 15 is 0 Å². The largest absolute Gasteiger partial charge is 0.507 e. The van der Waals surface area contributed by atoms with Gasteiger partial charge in [-0.2, -0.15) is 0 Å². The number of ether oxygens (including phenoxy) is 2. The van der Waals surface area contributed by atoms with Gasteiger partial charge in [-0.1, -0.05) is 13.8 Å². The molecule has 2 rings (SSSR count). The lowest BCUT2D eigenvalue weighted by molar-refractivity contribution is -0.694. The number of carbonyl (C=O) groups is 1. The number of anilines is 1. The Morgan fingerprint density at radius 2 is 1.92 bits per heavy atom. The topological polar surface area (TPSA) is 159 Å². The molecule has 142 valence electrons. The Morgan fingerprint density at radius 1 is 1.28 bits per heavy atom. The Balaban J connectivity index is 0.00000151. The molecule has 0 saturated carbocycles. The fraction of sp³-hybridized carbons (Fsp3) is 0.562. The van der Waals surface area contributed by atoms with Crippen molar-refractivity contribution in [2.24, 2.45) is 0 Å². The average molecular weight is 359 g/mol. The van der Waals surface area contributed by atoms with Gasteiger partial charge in [0, 0.05) is 5.69 Å². The number of hydrogen-bond acceptors (Lipinski definition) is 8. The third-order valence-electron chi connectivity index (χ3n) is 3.77. The van der Waals surface area contributed by atoms with Gasteiger partial charge in [-0.25, -0.2) is 4.79 Å². The standard InChI is InChI=1S/C14H20N2O7.C2H6/c1-16-10-12(19)11(18)9(23-14(10)21)5-22-13(20)7-4-6(15)2-3-8(7)17;1-2/h2-4,9-12,14,16-19,21H,5,15H2,1H3;1-2H3/p+1/t9?,10?,11-,12+,14-;/m1./s1. The van der Waals surface area contributed by atoms with Crippen LogP contribution in [0.2, 0.25) is 0 Å². The summed E-state index contributed by atoms with van der Waals surface area (Å²) in [6.07, 6.45) is -4.98. The molecule has 8 N–H and O–H groups in total. The number of aliphatic hydroxyl groups excluding tert-OH is 3. The molecule has 5 atom stereocenters. The first kappa shape index (κ1) is 21.1. The van der Waals surface area contributed by atoms with Gasteiger partial charge in [-0.3, -0.25) is 0 Å². The molecule has 0 aromatic heterocycles. The van der Waals surface area contributed by atoms with Gasteiger partial charge in [0.2, 0.25) is 6.29 Å². The van der Waals surface area contributed by atoms with Crippen LogP contribution in [0.5, 0.6) is 5.75 Å². The van der Waals surface area contributed by atoms with Gasteiger partial charge in [0.25, 0.3) is 0 Å². The predicted octanol–water partition coefficient (Wildman–Crippen LogP) is -1.84. The molecule has 1 aromatic rings. The minimum atomic E-state index is -1.33. The van der Waals surface area contributed by atoms with Gasteiger partial charge >= 0.3 is 5.97 Å². The number of nitrogens with two attached hydrogens (primary N) is 2. The predicted molar refractivity (Wildman–Crippen MR) is 88.7 cm³/mol. The summed E-state index contributed by atoms with van der Waals surface area (Å²) in [5.41, 5.74) is 5.69. The number of hydrogen-bond donors (Lipinski definition) is 6. The molecule has 9 nitrogen and oxygen atoms in total. The highest BCUT2D eigenvalue weighted by molar-refractivity contribution is 5.93. The fourth-order valence-electron chi connectivity index (χ4n) is 2.42. The maximum absolute atomic E-state index is 11.9. The molecular weight excluding hydrogens is 332 g/mol. The zero-order valence-electron chi connectivity index (χ0n) is 14.5. The molecule has 2 unspecified atom stereocenters. The van der Waals surface area contributed by atoms with E-state index in [0.717, 1.165) is 0 Å². The van der Waals surface area contributed by atoms with Gasteiger partial charge in [0.15, 0.2) is 6.04 Å². The van der Waals surface area contributed by atoms with E-state index in [1.54, 1.807) is 7.05 Å².